The summed E-state index contributed by atoms with van der Waals surface area (Å²) in [5.74, 6) is -1.15. The zero-order chi connectivity index (χ0) is 35.7. The van der Waals surface area contributed by atoms with Crippen molar-refractivity contribution >= 4 is 17.8 Å². The van der Waals surface area contributed by atoms with Crippen molar-refractivity contribution in [1.29, 1.82) is 0 Å². The first-order valence-corrected chi connectivity index (χ1v) is 17.6. The molecule has 2 aliphatic heterocycles. The Morgan fingerprint density at radius 1 is 0.900 bits per heavy atom. The highest BCUT2D eigenvalue weighted by Gasteiger charge is 2.39. The van der Waals surface area contributed by atoms with Crippen molar-refractivity contribution in [2.24, 2.45) is 0 Å². The molecule has 3 aromatic rings. The van der Waals surface area contributed by atoms with Crippen LogP contribution in [0.2, 0.25) is 0 Å². The molecule has 1 amide bonds. The largest absolute Gasteiger partial charge is 0.481 e. The zero-order valence-electron chi connectivity index (χ0n) is 29.3. The number of unbranched alkanes of at least 4 members (excludes halogenated alkanes) is 1. The van der Waals surface area contributed by atoms with Gasteiger partial charge in [0.15, 0.2) is 6.29 Å². The van der Waals surface area contributed by atoms with Crippen LogP contribution in [-0.2, 0) is 41.7 Å². The first kappa shape index (κ1) is 37.2. The molecule has 5 rings (SSSR count). The van der Waals surface area contributed by atoms with Gasteiger partial charge in [-0.25, -0.2) is 0 Å². The second-order valence-corrected chi connectivity index (χ2v) is 14.2. The van der Waals surface area contributed by atoms with Gasteiger partial charge in [-0.2, -0.15) is 0 Å². The fourth-order valence-electron chi connectivity index (χ4n) is 6.55. The second-order valence-electron chi connectivity index (χ2n) is 14.2. The van der Waals surface area contributed by atoms with Crippen LogP contribution in [0, 0.1) is 0 Å². The number of hydrogen-bond donors (Lipinski definition) is 3. The van der Waals surface area contributed by atoms with Gasteiger partial charge in [-0.3, -0.25) is 19.3 Å². The van der Waals surface area contributed by atoms with Gasteiger partial charge in [0.25, 0.3) is 0 Å². The predicted molar refractivity (Wildman–Crippen MR) is 189 cm³/mol. The summed E-state index contributed by atoms with van der Waals surface area (Å²) in [6, 6.07) is 23.6. The maximum Gasteiger partial charge on any atom is 0.323 e. The number of aliphatic hydroxyl groups is 1. The number of aliphatic carboxylic acids is 1. The minimum absolute atomic E-state index is 0.0316. The molecule has 10 heteroatoms. The monoisotopic (exact) mass is 686 g/mol. The average Bonchev–Trinajstić information content (AvgIpc) is 3.57. The van der Waals surface area contributed by atoms with E-state index in [-0.39, 0.29) is 43.2 Å². The number of carboxylic acid groups (broad SMARTS) is 1. The molecule has 2 aliphatic rings. The fourth-order valence-corrected chi connectivity index (χ4v) is 6.55. The number of rotatable bonds is 14. The van der Waals surface area contributed by atoms with Gasteiger partial charge in [0, 0.05) is 37.9 Å². The molecule has 0 saturated carbocycles. The van der Waals surface area contributed by atoms with Crippen LogP contribution in [0.3, 0.4) is 0 Å². The Labute approximate surface area is 294 Å². The molecule has 4 atom stereocenters. The van der Waals surface area contributed by atoms with E-state index >= 15 is 0 Å². The van der Waals surface area contributed by atoms with Crippen LogP contribution in [0.4, 0.5) is 0 Å². The number of aliphatic hydroxyl groups excluding tert-OH is 1. The van der Waals surface area contributed by atoms with Crippen molar-refractivity contribution < 1.29 is 38.8 Å². The topological polar surface area (TPSA) is 135 Å². The van der Waals surface area contributed by atoms with E-state index in [1.54, 1.807) is 0 Å². The summed E-state index contributed by atoms with van der Waals surface area (Å²) in [5.41, 5.74) is 5.06. The van der Waals surface area contributed by atoms with Crippen molar-refractivity contribution in [2.75, 3.05) is 13.1 Å². The number of amides is 1. The number of carboxylic acids is 1. The molecule has 2 heterocycles. The van der Waals surface area contributed by atoms with Gasteiger partial charge >= 0.3 is 11.9 Å². The Hall–Kier alpha value is -4.09. The second kappa shape index (κ2) is 17.2. The number of esters is 1. The zero-order valence-corrected chi connectivity index (χ0v) is 29.3. The van der Waals surface area contributed by atoms with Crippen molar-refractivity contribution in [3.05, 3.63) is 95.1 Å². The summed E-state index contributed by atoms with van der Waals surface area (Å²) in [5, 5.41) is 21.3. The van der Waals surface area contributed by atoms with Crippen LogP contribution in [0.15, 0.2) is 72.8 Å². The Kier molecular flexibility index (Phi) is 12.8. The average molecular weight is 687 g/mol. The smallest absolute Gasteiger partial charge is 0.323 e. The third-order valence-corrected chi connectivity index (χ3v) is 9.05. The first-order valence-electron chi connectivity index (χ1n) is 17.6. The van der Waals surface area contributed by atoms with E-state index in [4.69, 9.17) is 19.3 Å². The van der Waals surface area contributed by atoms with E-state index in [0.29, 0.717) is 38.8 Å². The van der Waals surface area contributed by atoms with Crippen LogP contribution < -0.4 is 5.32 Å². The molecule has 0 radical (unpaired) electrons. The van der Waals surface area contributed by atoms with E-state index in [1.807, 2.05) is 87.5 Å². The highest BCUT2D eigenvalue weighted by molar-refractivity contribution is 5.77. The van der Waals surface area contributed by atoms with Crippen molar-refractivity contribution in [2.45, 2.75) is 109 Å². The number of likely N-dealkylation sites (tertiary alicyclic amines) is 1. The van der Waals surface area contributed by atoms with Gasteiger partial charge in [0.2, 0.25) is 5.91 Å². The lowest BCUT2D eigenvalue weighted by Gasteiger charge is -2.38. The number of carbonyl (C=O) groups is 3. The molecule has 2 fully saturated rings. The van der Waals surface area contributed by atoms with Crippen LogP contribution >= 0.6 is 0 Å². The predicted octanol–water partition coefficient (Wildman–Crippen LogP) is 6.46. The normalized spacial score (nSPS) is 21.1. The highest BCUT2D eigenvalue weighted by atomic mass is 16.7. The summed E-state index contributed by atoms with van der Waals surface area (Å²) < 4.78 is 19.0. The molecule has 0 aromatic heterocycles. The lowest BCUT2D eigenvalue weighted by atomic mass is 9.98. The summed E-state index contributed by atoms with van der Waals surface area (Å²) in [6.07, 6.45) is 2.54. The van der Waals surface area contributed by atoms with Gasteiger partial charge in [-0.15, -0.1) is 0 Å². The maximum atomic E-state index is 13.1. The minimum Gasteiger partial charge on any atom is -0.481 e. The van der Waals surface area contributed by atoms with Gasteiger partial charge < -0.3 is 29.7 Å². The third kappa shape index (κ3) is 10.7. The number of nitrogens with one attached hydrogen (secondary N) is 1. The molecule has 50 heavy (non-hydrogen) atoms. The molecule has 0 unspecified atom stereocenters. The Morgan fingerprint density at radius 2 is 1.62 bits per heavy atom. The number of benzene rings is 3. The maximum absolute atomic E-state index is 13.1. The molecule has 268 valence electrons. The number of ether oxygens (including phenoxy) is 3. The molecule has 0 bridgehead atoms. The van der Waals surface area contributed by atoms with Crippen molar-refractivity contribution in [3.63, 3.8) is 0 Å². The molecule has 3 N–H and O–H groups in total. The van der Waals surface area contributed by atoms with Crippen LogP contribution in [-0.4, -0.2) is 63.8 Å². The van der Waals surface area contributed by atoms with Gasteiger partial charge in [-0.1, -0.05) is 60.7 Å². The van der Waals surface area contributed by atoms with Crippen LogP contribution in [0.1, 0.15) is 100 Å². The summed E-state index contributed by atoms with van der Waals surface area (Å²) >= 11 is 0. The summed E-state index contributed by atoms with van der Waals surface area (Å²) in [6.45, 7) is 7.38. The Bertz CT molecular complexity index is 1600. The molecular formula is C40H50N2O8. The lowest BCUT2D eigenvalue weighted by Crippen LogP contribution is -2.45. The van der Waals surface area contributed by atoms with Crippen molar-refractivity contribution in [1.82, 2.24) is 10.2 Å². The van der Waals surface area contributed by atoms with E-state index in [2.05, 4.69) is 16.3 Å². The van der Waals surface area contributed by atoms with Crippen molar-refractivity contribution in [3.8, 4) is 11.1 Å². The molecule has 10 nitrogen and oxygen atoms in total. The lowest BCUT2D eigenvalue weighted by molar-refractivity contribution is -0.253. The van der Waals surface area contributed by atoms with E-state index in [0.717, 1.165) is 52.8 Å². The van der Waals surface area contributed by atoms with Gasteiger partial charge in [0.05, 0.1) is 18.8 Å². The molecule has 2 saturated heterocycles. The molecule has 3 aromatic carbocycles. The van der Waals surface area contributed by atoms with Crippen LogP contribution in [0.25, 0.3) is 11.1 Å². The third-order valence-electron chi connectivity index (χ3n) is 9.05. The minimum atomic E-state index is -0.850. The number of hydrogen-bond acceptors (Lipinski definition) is 8. The van der Waals surface area contributed by atoms with E-state index in [9.17, 15) is 19.5 Å². The standard InChI is InChI=1S/C40H50N2O8/c1-40(2,3)50-38(47)34-13-8-20-42(34)25-33-23-35(29-18-16-27(26-43)17-19-29)49-39(48-33)32-12-7-11-31(22-32)30-10-6-9-28(21-30)24-41-36(44)14-4-5-15-37(45)46/h6-7,9-12,16-19,21-22,33-35,39,43H,4-5,8,13-15,20,23-26H2,1-3H3,(H,41,44)(H,45,46)/t33-,34+,35+,39+/m1/s1. The first-order chi connectivity index (χ1) is 24.0. The van der Waals surface area contributed by atoms with E-state index in [1.165, 1.54) is 0 Å². The Balaban J connectivity index is 1.31. The fraction of sp³-hybridized carbons (Fsp3) is 0.475. The molecular weight excluding hydrogens is 636 g/mol. The Morgan fingerprint density at radius 3 is 2.34 bits per heavy atom. The quantitative estimate of drug-likeness (QED) is 0.129. The highest BCUT2D eigenvalue weighted by Crippen LogP contribution is 2.39. The van der Waals surface area contributed by atoms with E-state index < -0.39 is 17.9 Å². The summed E-state index contributed by atoms with van der Waals surface area (Å²) in [7, 11) is 0. The van der Waals surface area contributed by atoms with Crippen LogP contribution in [0.5, 0.6) is 0 Å². The van der Waals surface area contributed by atoms with Gasteiger partial charge in [0.1, 0.15) is 11.6 Å². The summed E-state index contributed by atoms with van der Waals surface area (Å²) in [4.78, 5) is 38.3. The SMILES string of the molecule is CC(C)(C)OC(=O)[C@@H]1CCCN1C[C@H]1C[C@@H](c2ccc(CO)cc2)O[C@@H](c2cccc(-c3cccc(CNC(=O)CCCCC(=O)O)c3)c2)O1. The number of carbonyl (C=O) groups excluding carboxylic acids is 2. The van der Waals surface area contributed by atoms with Gasteiger partial charge in [-0.05, 0) is 92.9 Å². The number of nitrogens with zero attached hydrogens (tertiary/aromatic N) is 1. The molecule has 0 spiro atoms. The molecule has 0 aliphatic carbocycles.